The van der Waals surface area contributed by atoms with E-state index in [0.29, 0.717) is 5.92 Å². The van der Waals surface area contributed by atoms with Crippen LogP contribution >= 0.6 is 27.3 Å². The first-order valence-electron chi connectivity index (χ1n) is 6.54. The summed E-state index contributed by atoms with van der Waals surface area (Å²) in [5.41, 5.74) is 1.33. The Labute approximate surface area is 132 Å². The maximum Gasteiger partial charge on any atom is 0.106 e. The van der Waals surface area contributed by atoms with Gasteiger partial charge in [0.1, 0.15) is 6.79 Å². The van der Waals surface area contributed by atoms with E-state index in [0.717, 1.165) is 16.5 Å². The van der Waals surface area contributed by atoms with Gasteiger partial charge in [-0.1, -0.05) is 15.9 Å². The summed E-state index contributed by atoms with van der Waals surface area (Å²) in [5, 5.41) is 1.29. The van der Waals surface area contributed by atoms with Crippen LogP contribution in [0.2, 0.25) is 0 Å². The van der Waals surface area contributed by atoms with Gasteiger partial charge in [-0.3, -0.25) is 0 Å². The molecule has 0 radical (unpaired) electrons. The van der Waals surface area contributed by atoms with Crippen LogP contribution in [0.5, 0.6) is 0 Å². The third kappa shape index (κ3) is 2.67. The van der Waals surface area contributed by atoms with Gasteiger partial charge in [0.15, 0.2) is 0 Å². The molecule has 0 aliphatic carbocycles. The zero-order chi connectivity index (χ0) is 14.9. The summed E-state index contributed by atoms with van der Waals surface area (Å²) in [7, 11) is 2.21. The van der Waals surface area contributed by atoms with Gasteiger partial charge in [-0.15, -0.1) is 11.3 Å². The molecule has 0 amide bonds. The second-order valence-electron chi connectivity index (χ2n) is 5.58. The third-order valence-electron chi connectivity index (χ3n) is 4.25. The number of likely N-dealkylation sites (tertiary alicyclic amines) is 1. The molecule has 5 heteroatoms. The maximum absolute atomic E-state index is 8.00. The average Bonchev–Trinajstić information content (AvgIpc) is 2.93. The van der Waals surface area contributed by atoms with E-state index in [1.165, 1.54) is 16.1 Å². The topological polar surface area (TPSA) is 33.2 Å². The van der Waals surface area contributed by atoms with Gasteiger partial charge >= 0.3 is 0 Å². The molecule has 1 atom stereocenters. The van der Waals surface area contributed by atoms with Crippen molar-refractivity contribution >= 4 is 44.3 Å². The van der Waals surface area contributed by atoms with E-state index in [2.05, 4.69) is 59.9 Å². The SMILES string of the molecule is C=O.CN1CCC(c2nc3cc(Br)ccc3s2)C1(C)C. The van der Waals surface area contributed by atoms with E-state index >= 15 is 0 Å². The number of hydrogen-bond acceptors (Lipinski definition) is 4. The van der Waals surface area contributed by atoms with Crippen molar-refractivity contribution in [2.75, 3.05) is 13.6 Å². The molecule has 0 bridgehead atoms. The standard InChI is InChI=1S/C14H17BrN2S.CH2O/c1-14(2)10(6-7-17(14)3)13-16-11-8-9(15)4-5-12(11)18-13;1-2/h4-5,8,10H,6-7H2,1-3H3;1H2. The molecule has 1 aliphatic heterocycles. The molecular weight excluding hydrogens is 336 g/mol. The second-order valence-corrected chi connectivity index (χ2v) is 7.56. The van der Waals surface area contributed by atoms with Crippen LogP contribution in [0.25, 0.3) is 10.2 Å². The molecule has 20 heavy (non-hydrogen) atoms. The first kappa shape index (κ1) is 15.6. The van der Waals surface area contributed by atoms with Crippen molar-refractivity contribution in [2.45, 2.75) is 31.7 Å². The molecule has 3 rings (SSSR count). The fourth-order valence-corrected chi connectivity index (χ4v) is 4.34. The minimum atomic E-state index is 0.213. The number of carbonyl (C=O) groups excluding carboxylic acids is 1. The summed E-state index contributed by atoms with van der Waals surface area (Å²) < 4.78 is 2.40. The average molecular weight is 355 g/mol. The lowest BCUT2D eigenvalue weighted by molar-refractivity contribution is -0.0979. The summed E-state index contributed by atoms with van der Waals surface area (Å²) in [5.74, 6) is 0.554. The van der Waals surface area contributed by atoms with Gasteiger partial charge in [0, 0.05) is 15.9 Å². The lowest BCUT2D eigenvalue weighted by Crippen LogP contribution is -2.38. The summed E-state index contributed by atoms with van der Waals surface area (Å²) in [6.07, 6.45) is 1.21. The first-order chi connectivity index (χ1) is 9.48. The molecule has 1 saturated heterocycles. The van der Waals surface area contributed by atoms with Gasteiger partial charge < -0.3 is 9.69 Å². The smallest absolute Gasteiger partial charge is 0.106 e. The summed E-state index contributed by atoms with van der Waals surface area (Å²) >= 11 is 5.36. The number of thiazole rings is 1. The number of hydrogen-bond donors (Lipinski definition) is 0. The minimum absolute atomic E-state index is 0.213. The highest BCUT2D eigenvalue weighted by atomic mass is 79.9. The third-order valence-corrected chi connectivity index (χ3v) is 5.90. The number of nitrogens with zero attached hydrogens (tertiary/aromatic N) is 2. The predicted octanol–water partition coefficient (Wildman–Crippen LogP) is 4.07. The number of benzene rings is 1. The van der Waals surface area contributed by atoms with Crippen molar-refractivity contribution in [3.05, 3.63) is 27.7 Å². The number of likely N-dealkylation sites (N-methyl/N-ethyl adjacent to an activating group) is 1. The number of aromatic nitrogens is 1. The van der Waals surface area contributed by atoms with Crippen molar-refractivity contribution in [2.24, 2.45) is 0 Å². The van der Waals surface area contributed by atoms with Crippen LogP contribution in [0, 0.1) is 0 Å². The minimum Gasteiger partial charge on any atom is -0.307 e. The highest BCUT2D eigenvalue weighted by Crippen LogP contribution is 2.43. The zero-order valence-corrected chi connectivity index (χ0v) is 14.4. The Morgan fingerprint density at radius 1 is 1.45 bits per heavy atom. The van der Waals surface area contributed by atoms with Gasteiger partial charge in [0.25, 0.3) is 0 Å². The summed E-state index contributed by atoms with van der Waals surface area (Å²) in [6.45, 7) is 7.82. The fourth-order valence-electron chi connectivity index (χ4n) is 2.72. The molecule has 1 aromatic carbocycles. The number of carbonyl (C=O) groups is 1. The molecule has 2 aromatic rings. The molecule has 1 aromatic heterocycles. The highest BCUT2D eigenvalue weighted by Gasteiger charge is 2.41. The number of halogens is 1. The Bertz CT molecular complexity index is 611. The maximum atomic E-state index is 8.00. The van der Waals surface area contributed by atoms with Crippen LogP contribution in [-0.4, -0.2) is 35.8 Å². The van der Waals surface area contributed by atoms with Crippen molar-refractivity contribution in [3.8, 4) is 0 Å². The van der Waals surface area contributed by atoms with Crippen molar-refractivity contribution in [1.82, 2.24) is 9.88 Å². The molecular formula is C15H19BrN2OS. The van der Waals surface area contributed by atoms with Crippen LogP contribution in [0.15, 0.2) is 22.7 Å². The summed E-state index contributed by atoms with van der Waals surface area (Å²) in [4.78, 5) is 15.3. The van der Waals surface area contributed by atoms with E-state index in [1.54, 1.807) is 0 Å². The Morgan fingerprint density at radius 2 is 2.15 bits per heavy atom. The zero-order valence-electron chi connectivity index (χ0n) is 12.0. The fraction of sp³-hybridized carbons (Fsp3) is 0.467. The largest absolute Gasteiger partial charge is 0.307 e. The number of fused-ring (bicyclic) bond motifs is 1. The molecule has 1 aliphatic rings. The second kappa shape index (κ2) is 5.92. The highest BCUT2D eigenvalue weighted by molar-refractivity contribution is 9.10. The van der Waals surface area contributed by atoms with E-state index in [-0.39, 0.29) is 5.54 Å². The van der Waals surface area contributed by atoms with Gasteiger partial charge in [-0.05, 0) is 52.1 Å². The molecule has 1 fully saturated rings. The van der Waals surface area contributed by atoms with Crippen LogP contribution in [0.1, 0.15) is 31.2 Å². The Kier molecular flexibility index (Phi) is 4.62. The molecule has 1 unspecified atom stereocenters. The molecule has 2 heterocycles. The summed E-state index contributed by atoms with van der Waals surface area (Å²) in [6, 6.07) is 6.36. The molecule has 0 spiro atoms. The predicted molar refractivity (Wildman–Crippen MR) is 88.5 cm³/mol. The van der Waals surface area contributed by atoms with E-state index in [1.807, 2.05) is 18.1 Å². The normalized spacial score (nSPS) is 21.7. The van der Waals surface area contributed by atoms with Gasteiger partial charge in [0.2, 0.25) is 0 Å². The molecule has 3 nitrogen and oxygen atoms in total. The van der Waals surface area contributed by atoms with Gasteiger partial charge in [0.05, 0.1) is 15.2 Å². The van der Waals surface area contributed by atoms with Crippen molar-refractivity contribution < 1.29 is 4.79 Å². The monoisotopic (exact) mass is 354 g/mol. The van der Waals surface area contributed by atoms with Crippen LogP contribution in [0.4, 0.5) is 0 Å². The van der Waals surface area contributed by atoms with E-state index in [4.69, 9.17) is 9.78 Å². The Balaban J connectivity index is 0.000000704. The van der Waals surface area contributed by atoms with Crippen LogP contribution in [0.3, 0.4) is 0 Å². The van der Waals surface area contributed by atoms with Gasteiger partial charge in [-0.2, -0.15) is 0 Å². The molecule has 0 N–H and O–H groups in total. The van der Waals surface area contributed by atoms with Crippen molar-refractivity contribution in [1.29, 1.82) is 0 Å². The molecule has 108 valence electrons. The van der Waals surface area contributed by atoms with Crippen LogP contribution < -0.4 is 0 Å². The first-order valence-corrected chi connectivity index (χ1v) is 8.15. The van der Waals surface area contributed by atoms with Crippen LogP contribution in [-0.2, 0) is 4.79 Å². The Hall–Kier alpha value is -0.780. The van der Waals surface area contributed by atoms with E-state index < -0.39 is 0 Å². The number of rotatable bonds is 1. The Morgan fingerprint density at radius 3 is 2.75 bits per heavy atom. The van der Waals surface area contributed by atoms with Crippen molar-refractivity contribution in [3.63, 3.8) is 0 Å². The lowest BCUT2D eigenvalue weighted by atomic mass is 9.89. The van der Waals surface area contributed by atoms with E-state index in [9.17, 15) is 0 Å². The quantitative estimate of drug-likeness (QED) is 0.773. The lowest BCUT2D eigenvalue weighted by Gasteiger charge is -2.32. The molecule has 0 saturated carbocycles. The van der Waals surface area contributed by atoms with Gasteiger partial charge in [-0.25, -0.2) is 4.98 Å².